The summed E-state index contributed by atoms with van der Waals surface area (Å²) in [5, 5.41) is 8.89. The van der Waals surface area contributed by atoms with Gasteiger partial charge in [0.25, 0.3) is 0 Å². The minimum absolute atomic E-state index is 0.107. The molecule has 0 aliphatic carbocycles. The number of aliphatic carboxylic acids is 1. The Morgan fingerprint density at radius 3 is 2.20 bits per heavy atom. The molecule has 0 saturated carbocycles. The van der Waals surface area contributed by atoms with E-state index in [1.165, 1.54) is 26.0 Å². The first kappa shape index (κ1) is 16.2. The van der Waals surface area contributed by atoms with Crippen LogP contribution in [0.2, 0.25) is 4.71 Å². The number of hydrogen-bond donors (Lipinski definition) is 1. The van der Waals surface area contributed by atoms with Gasteiger partial charge in [0.15, 0.2) is 0 Å². The Morgan fingerprint density at radius 1 is 1.15 bits per heavy atom. The van der Waals surface area contributed by atoms with Gasteiger partial charge in [-0.15, -0.1) is 0 Å². The van der Waals surface area contributed by atoms with Gasteiger partial charge in [-0.2, -0.15) is 0 Å². The number of rotatable bonds is 5. The quantitative estimate of drug-likeness (QED) is 0.478. The molecule has 0 aromatic heterocycles. The molecule has 0 spiro atoms. The maximum absolute atomic E-state index is 11.0. The zero-order chi connectivity index (χ0) is 15.3. The molecule has 20 heavy (non-hydrogen) atoms. The van der Waals surface area contributed by atoms with Gasteiger partial charge in [0.2, 0.25) is 0 Å². The summed E-state index contributed by atoms with van der Waals surface area (Å²) in [7, 11) is 0. The number of carbonyl (C=O) groups is 3. The molecule has 0 saturated heterocycles. The number of esters is 2. The van der Waals surface area contributed by atoms with Gasteiger partial charge in [-0.3, -0.25) is 0 Å². The van der Waals surface area contributed by atoms with Crippen LogP contribution in [0.4, 0.5) is 0 Å². The van der Waals surface area contributed by atoms with Crippen LogP contribution in [0.15, 0.2) is 18.2 Å². The summed E-state index contributed by atoms with van der Waals surface area (Å²) in [5.74, 6) is -1.73. The predicted molar refractivity (Wildman–Crippen MR) is 72.7 cm³/mol. The molecule has 1 N–H and O–H groups in total. The van der Waals surface area contributed by atoms with Crippen LogP contribution in [0.25, 0.3) is 0 Å². The fraction of sp³-hybridized carbons (Fsp3) is 0.308. The fourth-order valence-electron chi connectivity index (χ4n) is 1.49. The van der Waals surface area contributed by atoms with Gasteiger partial charge in [0, 0.05) is 0 Å². The van der Waals surface area contributed by atoms with Gasteiger partial charge >= 0.3 is 124 Å². The SMILES string of the molecule is CC(=O)Oc1ccc(C[C@H]([AsH2])C(=O)O)cc1OC(C)=O. The Morgan fingerprint density at radius 2 is 1.70 bits per heavy atom. The summed E-state index contributed by atoms with van der Waals surface area (Å²) < 4.78 is 9.39. The Labute approximate surface area is 124 Å². The Kier molecular flexibility index (Phi) is 5.77. The van der Waals surface area contributed by atoms with E-state index in [1.54, 1.807) is 6.07 Å². The molecule has 6 nitrogen and oxygen atoms in total. The van der Waals surface area contributed by atoms with Crippen molar-refractivity contribution >= 4 is 34.8 Å². The first-order chi connectivity index (χ1) is 9.29. The van der Waals surface area contributed by atoms with Gasteiger partial charge in [-0.1, -0.05) is 0 Å². The second-order valence-electron chi connectivity index (χ2n) is 4.12. The van der Waals surface area contributed by atoms with E-state index in [2.05, 4.69) is 0 Å². The topological polar surface area (TPSA) is 89.9 Å². The molecule has 0 radical (unpaired) electrons. The third kappa shape index (κ3) is 5.05. The first-order valence-electron chi connectivity index (χ1n) is 5.77. The van der Waals surface area contributed by atoms with Crippen molar-refractivity contribution in [2.75, 3.05) is 0 Å². The molecular weight excluding hydrogens is 327 g/mol. The van der Waals surface area contributed by atoms with Gasteiger partial charge < -0.3 is 0 Å². The van der Waals surface area contributed by atoms with E-state index in [0.717, 1.165) is 16.9 Å². The van der Waals surface area contributed by atoms with E-state index in [-0.39, 0.29) is 11.5 Å². The van der Waals surface area contributed by atoms with Crippen LogP contribution in [0.1, 0.15) is 19.4 Å². The molecule has 0 heterocycles. The summed E-state index contributed by atoms with van der Waals surface area (Å²) >= 11 is 1.10. The van der Waals surface area contributed by atoms with E-state index < -0.39 is 22.6 Å². The van der Waals surface area contributed by atoms with Crippen LogP contribution in [0.3, 0.4) is 0 Å². The maximum atomic E-state index is 11.0. The van der Waals surface area contributed by atoms with Crippen molar-refractivity contribution in [1.82, 2.24) is 0 Å². The number of ether oxygens (including phenoxy) is 2. The van der Waals surface area contributed by atoms with E-state index in [9.17, 15) is 14.4 Å². The molecule has 108 valence electrons. The second kappa shape index (κ2) is 7.10. The first-order valence-corrected chi connectivity index (χ1v) is 7.17. The summed E-state index contributed by atoms with van der Waals surface area (Å²) in [6.07, 6.45) is 0.309. The van der Waals surface area contributed by atoms with E-state index >= 15 is 0 Å². The van der Waals surface area contributed by atoms with Gasteiger partial charge in [-0.25, -0.2) is 0 Å². The molecule has 0 aliphatic rings. The van der Waals surface area contributed by atoms with Crippen LogP contribution in [-0.2, 0) is 20.8 Å². The standard InChI is InChI=1S/C13H15AsO6/c1-7(15)19-11-4-3-9(5-10(14)13(17)18)6-12(11)20-8(2)16/h3-4,6,10H,5,14H2,1-2H3,(H,17,18)/t10-/m0/s1. The summed E-state index contributed by atoms with van der Waals surface area (Å²) in [5.41, 5.74) is 0.689. The fourth-order valence-corrected chi connectivity index (χ4v) is 2.07. The van der Waals surface area contributed by atoms with Crippen molar-refractivity contribution in [3.05, 3.63) is 23.8 Å². The van der Waals surface area contributed by atoms with Crippen LogP contribution in [0.5, 0.6) is 11.5 Å². The molecule has 1 rings (SSSR count). The van der Waals surface area contributed by atoms with Crippen LogP contribution in [-0.4, -0.2) is 39.9 Å². The number of benzene rings is 1. The minimum atomic E-state index is -0.886. The molecule has 7 heteroatoms. The molecule has 0 amide bonds. The van der Waals surface area contributed by atoms with Gasteiger partial charge in [-0.05, 0) is 0 Å². The van der Waals surface area contributed by atoms with Crippen molar-refractivity contribution in [1.29, 1.82) is 0 Å². The third-order valence-corrected chi connectivity index (χ3v) is 3.38. The molecule has 0 fully saturated rings. The molecule has 2 atom stereocenters. The number of carboxylic acids is 1. The van der Waals surface area contributed by atoms with E-state index in [0.29, 0.717) is 12.0 Å². The average Bonchev–Trinajstić information content (AvgIpc) is 2.31. The summed E-state index contributed by atoms with van der Waals surface area (Å²) in [4.78, 5) is 32.8. The molecule has 0 aliphatic heterocycles. The Balaban J connectivity index is 3.03. The zero-order valence-corrected chi connectivity index (χ0v) is 13.5. The third-order valence-electron chi connectivity index (χ3n) is 2.29. The summed E-state index contributed by atoms with van der Waals surface area (Å²) in [6.45, 7) is 2.47. The van der Waals surface area contributed by atoms with Crippen molar-refractivity contribution in [2.45, 2.75) is 25.0 Å². The zero-order valence-electron chi connectivity index (χ0n) is 11.1. The molecule has 1 aromatic carbocycles. The molecule has 1 aromatic rings. The van der Waals surface area contributed by atoms with E-state index in [1.807, 2.05) is 0 Å². The molecule has 0 bridgehead atoms. The summed E-state index contributed by atoms with van der Waals surface area (Å²) in [6, 6.07) is 4.63. The monoisotopic (exact) mass is 342 g/mol. The van der Waals surface area contributed by atoms with Crippen LogP contribution < -0.4 is 9.47 Å². The van der Waals surface area contributed by atoms with Gasteiger partial charge in [0.1, 0.15) is 0 Å². The average molecular weight is 342 g/mol. The number of carbonyl (C=O) groups excluding carboxylic acids is 2. The number of carboxylic acid groups (broad SMARTS) is 1. The molecular formula is C13H15AsO6. The van der Waals surface area contributed by atoms with Crippen molar-refractivity contribution in [3.8, 4) is 11.5 Å². The van der Waals surface area contributed by atoms with E-state index in [4.69, 9.17) is 14.6 Å². The Bertz CT molecular complexity index is 540. The number of hydrogen-bond acceptors (Lipinski definition) is 5. The van der Waals surface area contributed by atoms with Crippen molar-refractivity contribution in [2.24, 2.45) is 0 Å². The van der Waals surface area contributed by atoms with Crippen LogP contribution in [0, 0.1) is 0 Å². The normalized spacial score (nSPS) is 11.6. The van der Waals surface area contributed by atoms with Crippen molar-refractivity contribution in [3.63, 3.8) is 0 Å². The Hall–Kier alpha value is -1.81. The predicted octanol–water partition coefficient (Wildman–Crippen LogP) is 0.586. The molecule has 1 unspecified atom stereocenters. The van der Waals surface area contributed by atoms with Crippen molar-refractivity contribution < 1.29 is 29.0 Å². The second-order valence-corrected chi connectivity index (χ2v) is 5.81. The van der Waals surface area contributed by atoms with Crippen LogP contribution >= 0.6 is 0 Å². The van der Waals surface area contributed by atoms with Gasteiger partial charge in [0.05, 0.1) is 0 Å².